The molecule has 96 valence electrons. The molecule has 4 heteroatoms. The van der Waals surface area contributed by atoms with Gasteiger partial charge in [-0.2, -0.15) is 0 Å². The van der Waals surface area contributed by atoms with Crippen molar-refractivity contribution in [2.24, 2.45) is 0 Å². The number of likely N-dealkylation sites (N-methyl/N-ethyl adjacent to an activating group) is 1. The number of benzene rings is 1. The Morgan fingerprint density at radius 1 is 1.29 bits per heavy atom. The Balaban J connectivity index is 2.90. The molecule has 0 radical (unpaired) electrons. The van der Waals surface area contributed by atoms with Gasteiger partial charge in [-0.15, -0.1) is 0 Å². The van der Waals surface area contributed by atoms with E-state index in [1.165, 1.54) is 0 Å². The second-order valence-corrected chi connectivity index (χ2v) is 4.41. The van der Waals surface area contributed by atoms with Gasteiger partial charge in [-0.1, -0.05) is 19.1 Å². The molecular formula is C13H20F2N2. The Hall–Kier alpha value is -1.00. The number of nitrogens with zero attached hydrogens (tertiary/aromatic N) is 1. The van der Waals surface area contributed by atoms with Crippen molar-refractivity contribution >= 4 is 0 Å². The Kier molecular flexibility index (Phi) is 5.51. The fourth-order valence-corrected chi connectivity index (χ4v) is 1.75. The smallest absolute Gasteiger partial charge is 0.163 e. The summed E-state index contributed by atoms with van der Waals surface area (Å²) in [4.78, 5) is 1.96. The Morgan fingerprint density at radius 2 is 2.00 bits per heavy atom. The number of rotatable bonds is 6. The zero-order valence-electron chi connectivity index (χ0n) is 10.6. The van der Waals surface area contributed by atoms with Crippen LogP contribution in [0.3, 0.4) is 0 Å². The van der Waals surface area contributed by atoms with Crippen LogP contribution in [0.15, 0.2) is 18.2 Å². The minimum Gasteiger partial charge on any atom is -0.309 e. The summed E-state index contributed by atoms with van der Waals surface area (Å²) in [6.07, 6.45) is 0.959. The lowest BCUT2D eigenvalue weighted by atomic mass is 10.1. The van der Waals surface area contributed by atoms with Crippen LogP contribution < -0.4 is 5.32 Å². The van der Waals surface area contributed by atoms with Gasteiger partial charge in [0, 0.05) is 18.2 Å². The summed E-state index contributed by atoms with van der Waals surface area (Å²) in [5.41, 5.74) is 0.396. The first-order valence-corrected chi connectivity index (χ1v) is 5.88. The van der Waals surface area contributed by atoms with E-state index in [4.69, 9.17) is 0 Å². The van der Waals surface area contributed by atoms with Crippen LogP contribution in [-0.2, 0) is 0 Å². The maximum atomic E-state index is 13.7. The van der Waals surface area contributed by atoms with Crippen molar-refractivity contribution in [3.05, 3.63) is 35.4 Å². The summed E-state index contributed by atoms with van der Waals surface area (Å²) in [6, 6.07) is 4.14. The van der Waals surface area contributed by atoms with Crippen LogP contribution in [0.25, 0.3) is 0 Å². The van der Waals surface area contributed by atoms with Gasteiger partial charge in [0.1, 0.15) is 0 Å². The van der Waals surface area contributed by atoms with Crippen molar-refractivity contribution < 1.29 is 8.78 Å². The van der Waals surface area contributed by atoms with Gasteiger partial charge in [-0.25, -0.2) is 8.78 Å². The summed E-state index contributed by atoms with van der Waals surface area (Å²) in [5.74, 6) is -1.53. The van der Waals surface area contributed by atoms with Gasteiger partial charge in [0.2, 0.25) is 0 Å². The molecule has 1 unspecified atom stereocenters. The van der Waals surface area contributed by atoms with Crippen LogP contribution in [0.1, 0.15) is 24.9 Å². The van der Waals surface area contributed by atoms with E-state index in [-0.39, 0.29) is 6.04 Å². The van der Waals surface area contributed by atoms with Crippen molar-refractivity contribution in [2.75, 3.05) is 27.2 Å². The van der Waals surface area contributed by atoms with Gasteiger partial charge in [0.15, 0.2) is 11.6 Å². The molecule has 0 bridgehead atoms. The lowest BCUT2D eigenvalue weighted by molar-refractivity contribution is 0.333. The van der Waals surface area contributed by atoms with E-state index in [0.717, 1.165) is 19.0 Å². The molecule has 0 saturated carbocycles. The average Bonchev–Trinajstić information content (AvgIpc) is 2.28. The van der Waals surface area contributed by atoms with Crippen LogP contribution in [0.5, 0.6) is 0 Å². The molecule has 0 spiro atoms. The van der Waals surface area contributed by atoms with Crippen LogP contribution in [0.2, 0.25) is 0 Å². The highest BCUT2D eigenvalue weighted by molar-refractivity contribution is 5.23. The van der Waals surface area contributed by atoms with Crippen molar-refractivity contribution in [1.29, 1.82) is 0 Å². The van der Waals surface area contributed by atoms with E-state index < -0.39 is 11.6 Å². The van der Waals surface area contributed by atoms with Gasteiger partial charge in [0.05, 0.1) is 0 Å². The van der Waals surface area contributed by atoms with Crippen LogP contribution >= 0.6 is 0 Å². The molecular weight excluding hydrogens is 222 g/mol. The Morgan fingerprint density at radius 3 is 2.59 bits per heavy atom. The molecule has 0 aliphatic heterocycles. The molecule has 1 aromatic carbocycles. The molecule has 0 aliphatic carbocycles. The van der Waals surface area contributed by atoms with Crippen molar-refractivity contribution in [2.45, 2.75) is 19.4 Å². The molecule has 1 N–H and O–H groups in total. The first-order valence-electron chi connectivity index (χ1n) is 5.88. The quantitative estimate of drug-likeness (QED) is 0.824. The summed E-state index contributed by atoms with van der Waals surface area (Å²) >= 11 is 0. The first-order chi connectivity index (χ1) is 8.06. The number of hydrogen-bond acceptors (Lipinski definition) is 2. The van der Waals surface area contributed by atoms with Crippen LogP contribution in [0.4, 0.5) is 8.78 Å². The number of halogens is 2. The SMILES string of the molecule is CCCNC(CN(C)C)c1cccc(F)c1F. The Labute approximate surface area is 102 Å². The monoisotopic (exact) mass is 242 g/mol. The summed E-state index contributed by atoms with van der Waals surface area (Å²) in [7, 11) is 3.83. The van der Waals surface area contributed by atoms with E-state index >= 15 is 0 Å². The van der Waals surface area contributed by atoms with Gasteiger partial charge < -0.3 is 10.2 Å². The minimum absolute atomic E-state index is 0.180. The highest BCUT2D eigenvalue weighted by Crippen LogP contribution is 2.19. The minimum atomic E-state index is -0.787. The topological polar surface area (TPSA) is 15.3 Å². The largest absolute Gasteiger partial charge is 0.309 e. The van der Waals surface area contributed by atoms with E-state index in [2.05, 4.69) is 5.32 Å². The van der Waals surface area contributed by atoms with E-state index in [0.29, 0.717) is 12.1 Å². The second-order valence-electron chi connectivity index (χ2n) is 4.41. The molecule has 2 nitrogen and oxygen atoms in total. The average molecular weight is 242 g/mol. The fourth-order valence-electron chi connectivity index (χ4n) is 1.75. The molecule has 0 fully saturated rings. The maximum absolute atomic E-state index is 13.7. The zero-order valence-corrected chi connectivity index (χ0v) is 10.6. The van der Waals surface area contributed by atoms with Gasteiger partial charge in [-0.05, 0) is 33.1 Å². The molecule has 0 aliphatic rings. The highest BCUT2D eigenvalue weighted by atomic mass is 19.2. The molecule has 0 saturated heterocycles. The fraction of sp³-hybridized carbons (Fsp3) is 0.538. The third-order valence-electron chi connectivity index (χ3n) is 2.55. The summed E-state index contributed by atoms with van der Waals surface area (Å²) in [5, 5.41) is 3.24. The van der Waals surface area contributed by atoms with Gasteiger partial charge in [-0.3, -0.25) is 0 Å². The third kappa shape index (κ3) is 4.06. The van der Waals surface area contributed by atoms with Crippen LogP contribution in [-0.4, -0.2) is 32.1 Å². The third-order valence-corrected chi connectivity index (χ3v) is 2.55. The summed E-state index contributed by atoms with van der Waals surface area (Å²) in [6.45, 7) is 3.47. The van der Waals surface area contributed by atoms with E-state index in [1.54, 1.807) is 12.1 Å². The molecule has 0 heterocycles. The van der Waals surface area contributed by atoms with Crippen molar-refractivity contribution in [3.8, 4) is 0 Å². The molecule has 17 heavy (non-hydrogen) atoms. The molecule has 1 rings (SSSR count). The predicted octanol–water partition coefficient (Wildman–Crippen LogP) is 2.57. The highest BCUT2D eigenvalue weighted by Gasteiger charge is 2.18. The lowest BCUT2D eigenvalue weighted by Crippen LogP contribution is -2.32. The van der Waals surface area contributed by atoms with Crippen LogP contribution in [0, 0.1) is 11.6 Å². The number of hydrogen-bond donors (Lipinski definition) is 1. The summed E-state index contributed by atoms with van der Waals surface area (Å²) < 4.78 is 26.9. The lowest BCUT2D eigenvalue weighted by Gasteiger charge is -2.23. The molecule has 1 aromatic rings. The maximum Gasteiger partial charge on any atom is 0.163 e. The predicted molar refractivity (Wildman–Crippen MR) is 65.9 cm³/mol. The van der Waals surface area contributed by atoms with E-state index in [9.17, 15) is 8.78 Å². The van der Waals surface area contributed by atoms with Gasteiger partial charge >= 0.3 is 0 Å². The Bertz CT molecular complexity index is 353. The van der Waals surface area contributed by atoms with Gasteiger partial charge in [0.25, 0.3) is 0 Å². The zero-order chi connectivity index (χ0) is 12.8. The van der Waals surface area contributed by atoms with Crippen molar-refractivity contribution in [3.63, 3.8) is 0 Å². The normalized spacial score (nSPS) is 13.1. The molecule has 0 amide bonds. The second kappa shape index (κ2) is 6.67. The standard InChI is InChI=1S/C13H20F2N2/c1-4-8-16-12(9-17(2)3)10-6-5-7-11(14)13(10)15/h5-7,12,16H,4,8-9H2,1-3H3. The van der Waals surface area contributed by atoms with Crippen molar-refractivity contribution in [1.82, 2.24) is 10.2 Å². The van der Waals surface area contributed by atoms with E-state index in [1.807, 2.05) is 25.9 Å². The molecule has 0 aromatic heterocycles. The number of nitrogens with one attached hydrogen (secondary N) is 1. The molecule has 1 atom stereocenters. The first kappa shape index (κ1) is 14.1.